The van der Waals surface area contributed by atoms with Crippen LogP contribution in [-0.4, -0.2) is 264 Å². The fourth-order valence-electron chi connectivity index (χ4n) is 6.15. The van der Waals surface area contributed by atoms with Crippen LogP contribution in [0.2, 0.25) is 0 Å². The van der Waals surface area contributed by atoms with Gasteiger partial charge in [0.1, 0.15) is 5.78 Å². The Morgan fingerprint density at radius 2 is 0.682 bits per heavy atom. The van der Waals surface area contributed by atoms with Crippen molar-refractivity contribution in [3.05, 3.63) is 109 Å². The van der Waals surface area contributed by atoms with Crippen molar-refractivity contribution in [2.75, 3.05) is 142 Å². The molecule has 0 saturated carbocycles. The summed E-state index contributed by atoms with van der Waals surface area (Å²) in [4.78, 5) is 212. The molecule has 0 radical (unpaired) electrons. The third-order valence-electron chi connectivity index (χ3n) is 11.6. The van der Waals surface area contributed by atoms with Crippen molar-refractivity contribution in [2.24, 2.45) is 0 Å². The number of Topliss-reactive ketones (excluding diaryl/α,β-unsaturated/α-hetero) is 1. The van der Waals surface area contributed by atoms with Crippen LogP contribution in [0.25, 0.3) is 0 Å². The number of likely N-dealkylation sites (N-methyl/N-ethyl adjacent to an activating group) is 1. The molecule has 0 bridgehead atoms. The maximum absolute atomic E-state index is 11.6. The van der Waals surface area contributed by atoms with Crippen LogP contribution >= 0.6 is 0 Å². The number of methoxy groups -OCH3 is 7. The summed E-state index contributed by atoms with van der Waals surface area (Å²) in [6.07, 6.45) is 15.9. The Labute approximate surface area is 641 Å². The fraction of sp³-hybridized carbons (Fsp3) is 0.486. The summed E-state index contributed by atoms with van der Waals surface area (Å²) in [5, 5.41) is 9.87. The smallest absolute Gasteiger partial charge is 0.331 e. The van der Waals surface area contributed by atoms with Crippen molar-refractivity contribution in [3.63, 3.8) is 0 Å². The van der Waals surface area contributed by atoms with E-state index in [1.807, 2.05) is 51.1 Å². The Hall–Kier alpha value is -12.3. The highest BCUT2D eigenvalue weighted by Gasteiger charge is 2.18. The van der Waals surface area contributed by atoms with Crippen molar-refractivity contribution in [1.29, 1.82) is 0 Å². The molecule has 0 aromatic heterocycles. The van der Waals surface area contributed by atoms with E-state index >= 15 is 0 Å². The van der Waals surface area contributed by atoms with E-state index in [9.17, 15) is 91.1 Å². The predicted octanol–water partition coefficient (Wildman–Crippen LogP) is 1.68. The molecule has 0 atom stereocenters. The number of amides is 6. The summed E-state index contributed by atoms with van der Waals surface area (Å²) in [6, 6.07) is 9.33. The molecule has 2 rings (SSSR count). The first-order valence-corrected chi connectivity index (χ1v) is 31.7. The number of unbranched alkanes of at least 4 members (excludes halogenated alkanes) is 1. The number of benzene rings is 1. The lowest BCUT2D eigenvalue weighted by Crippen LogP contribution is -2.38. The van der Waals surface area contributed by atoms with E-state index < -0.39 is 109 Å². The van der Waals surface area contributed by atoms with Crippen LogP contribution in [0, 0.1) is 0 Å². The number of nitrogens with zero attached hydrogens (tertiary/aromatic N) is 2. The Morgan fingerprint density at radius 3 is 0.991 bits per heavy atom. The average molecular weight is 1570 g/mol. The average Bonchev–Trinajstić information content (AvgIpc) is 0.911. The molecule has 1 aromatic rings. The number of ketones is 1. The van der Waals surface area contributed by atoms with Gasteiger partial charge in [-0.05, 0) is 52.0 Å². The zero-order valence-electron chi connectivity index (χ0n) is 60.9. The first kappa shape index (κ1) is 114. The highest BCUT2D eigenvalue weighted by Crippen LogP contribution is 2.09. The number of hydrogen-bond acceptors (Lipinski definition) is 32. The van der Waals surface area contributed by atoms with Crippen LogP contribution in [-0.2, 0) is 159 Å². The zero-order chi connectivity index (χ0) is 80.9. The molecule has 620 valence electrons. The van der Waals surface area contributed by atoms with E-state index in [4.69, 9.17) is 9.47 Å². The predicted molar refractivity (Wildman–Crippen MR) is 393 cm³/mol. The van der Waals surface area contributed by atoms with Gasteiger partial charge in [0, 0.05) is 126 Å². The quantitative estimate of drug-likeness (QED) is 0.0321. The van der Waals surface area contributed by atoms with Crippen LogP contribution in [0.1, 0.15) is 95.1 Å². The number of likely N-dealkylation sites (tertiary alicyclic amines) is 1. The lowest BCUT2D eigenvalue weighted by Gasteiger charge is -2.26. The second-order valence-corrected chi connectivity index (χ2v) is 19.6. The summed E-state index contributed by atoms with van der Waals surface area (Å²) in [7, 11) is 8.63. The monoisotopic (exact) mass is 1570 g/mol. The highest BCUT2D eigenvalue weighted by atomic mass is 16.6. The van der Waals surface area contributed by atoms with Gasteiger partial charge < -0.3 is 92.6 Å². The van der Waals surface area contributed by atoms with Gasteiger partial charge in [0.25, 0.3) is 35.4 Å². The molecule has 4 N–H and O–H groups in total. The van der Waals surface area contributed by atoms with Crippen molar-refractivity contribution in [1.82, 2.24) is 31.1 Å². The van der Waals surface area contributed by atoms with Gasteiger partial charge in [-0.3, -0.25) is 33.6 Å². The molecular formula is C72H110N6O32. The maximum Gasteiger partial charge on any atom is 0.331 e. The second kappa shape index (κ2) is 76.4. The standard InChI is InChI=1S/C14H15NO5.C12H17NO5.2C11H17NO5.C10H13NO6.C10H15NO6.4CH4/c1-19-13(17)7-8-14(18)20-10-12(16)15-9-11-5-3-2-4-6-11;1-17-11(15)5-6-12(16)18-9-10(14)13-7-3-2-4-8-13;1-4-12(5-2)9(13)8-17-11(15)7-6-10(14)16-3;1-3-4-7-12-9(13)8-17-11(15)6-5-10(14)16-2;1-7(12)5-11-8(13)6-17-10(15)4-3-9(14)16-2;1-15-6-5-11-8(12)7-17-10(14)4-3-9(13)16-2;;;;/h2-8H,9-10H2,1H3,(H,15,16);5-6H,2-4,7-9H2,1H3;6-7H,4-5,8H2,1-3H3;5-6H,3-4,7-8H2,1-2H3,(H,12,13);3-4H,5-6H2,1-2H3,(H,11,13);3-4H,5-7H2,1-2H3,(H,11,12);4*1H4/b8-7+;6-5+;7-6+;6-5+;2*4-3+;;;;. The molecule has 0 aliphatic carbocycles. The van der Waals surface area contributed by atoms with Gasteiger partial charge in [0.05, 0.1) is 55.8 Å². The first-order valence-electron chi connectivity index (χ1n) is 31.7. The topological polar surface area (TPSA) is 499 Å². The third-order valence-corrected chi connectivity index (χ3v) is 11.6. The molecule has 0 spiro atoms. The van der Waals surface area contributed by atoms with Crippen LogP contribution in [0.3, 0.4) is 0 Å². The van der Waals surface area contributed by atoms with Gasteiger partial charge >= 0.3 is 71.6 Å². The normalized spacial score (nSPS) is 10.5. The van der Waals surface area contributed by atoms with E-state index in [-0.39, 0.29) is 79.6 Å². The number of carbonyl (C=O) groups excluding carboxylic acids is 19. The van der Waals surface area contributed by atoms with E-state index in [1.165, 1.54) is 54.5 Å². The Kier molecular flexibility index (Phi) is 78.9. The Bertz CT molecular complexity index is 3090. The van der Waals surface area contributed by atoms with Crippen LogP contribution in [0.5, 0.6) is 0 Å². The number of nitrogens with one attached hydrogen (secondary N) is 4. The molecule has 38 heteroatoms. The number of esters is 12. The minimum Gasteiger partial charge on any atom is -0.466 e. The summed E-state index contributed by atoms with van der Waals surface area (Å²) >= 11 is 0. The number of carbonyl (C=O) groups is 19. The Balaban J connectivity index is -0.000000188. The maximum atomic E-state index is 11.6. The van der Waals surface area contributed by atoms with E-state index in [1.54, 1.807) is 4.90 Å². The van der Waals surface area contributed by atoms with Crippen LogP contribution < -0.4 is 21.3 Å². The molecule has 38 nitrogen and oxygen atoms in total. The van der Waals surface area contributed by atoms with Crippen molar-refractivity contribution >= 4 is 113 Å². The minimum absolute atomic E-state index is 0. The van der Waals surface area contributed by atoms with Crippen LogP contribution in [0.15, 0.2) is 103 Å². The lowest BCUT2D eigenvalue weighted by atomic mass is 10.1. The molecule has 1 heterocycles. The van der Waals surface area contributed by atoms with Crippen LogP contribution in [0.4, 0.5) is 0 Å². The minimum atomic E-state index is -0.853. The molecular weight excluding hydrogens is 1460 g/mol. The summed E-state index contributed by atoms with van der Waals surface area (Å²) in [5.74, 6) is -11.2. The zero-order valence-corrected chi connectivity index (χ0v) is 60.9. The van der Waals surface area contributed by atoms with E-state index in [0.717, 1.165) is 118 Å². The molecule has 110 heavy (non-hydrogen) atoms. The second-order valence-electron chi connectivity index (χ2n) is 19.6. The first-order chi connectivity index (χ1) is 50.4. The van der Waals surface area contributed by atoms with Crippen molar-refractivity contribution in [3.8, 4) is 0 Å². The van der Waals surface area contributed by atoms with Crippen molar-refractivity contribution < 1.29 is 153 Å². The third kappa shape index (κ3) is 74.0. The molecule has 1 fully saturated rings. The van der Waals surface area contributed by atoms with Gasteiger partial charge in [-0.25, -0.2) is 57.5 Å². The summed E-state index contributed by atoms with van der Waals surface area (Å²) < 4.78 is 58.0. The number of hydrogen-bond donors (Lipinski definition) is 4. The lowest BCUT2D eigenvalue weighted by molar-refractivity contribution is -0.148. The number of rotatable bonds is 36. The Morgan fingerprint density at radius 1 is 0.382 bits per heavy atom. The molecule has 1 aliphatic heterocycles. The summed E-state index contributed by atoms with van der Waals surface area (Å²) in [6.45, 7) is 8.75. The largest absolute Gasteiger partial charge is 0.466 e. The SMILES string of the molecule is C.C.C.C.CCCCNC(=O)COC(=O)/C=C/C(=O)OC.CCN(CC)C(=O)COC(=O)/C=C/C(=O)OC.COC(=O)/C=C/C(=O)OCC(=O)N1CCCCC1.COC(=O)/C=C/C(=O)OCC(=O)NCC(C)=O.COC(=O)/C=C/C(=O)OCC(=O)NCc1ccccc1.COCCNC(=O)COC(=O)/C=C/C(=O)OC. The van der Waals surface area contributed by atoms with Crippen molar-refractivity contribution in [2.45, 2.75) is 96.1 Å². The fourth-order valence-corrected chi connectivity index (χ4v) is 6.15. The molecule has 1 aromatic carbocycles. The van der Waals surface area contributed by atoms with Gasteiger partial charge in [-0.15, -0.1) is 0 Å². The van der Waals surface area contributed by atoms with Gasteiger partial charge in [-0.1, -0.05) is 73.4 Å². The van der Waals surface area contributed by atoms with E-state index in [2.05, 4.69) is 73.4 Å². The van der Waals surface area contributed by atoms with Gasteiger partial charge in [0.15, 0.2) is 39.6 Å². The molecule has 0 unspecified atom stereocenters. The molecule has 6 amide bonds. The molecule has 1 aliphatic rings. The highest BCUT2D eigenvalue weighted by molar-refractivity contribution is 5.96. The number of ether oxygens (including phenoxy) is 13. The van der Waals surface area contributed by atoms with Gasteiger partial charge in [0.2, 0.25) is 0 Å². The van der Waals surface area contributed by atoms with Gasteiger partial charge in [-0.2, -0.15) is 0 Å². The van der Waals surface area contributed by atoms with E-state index in [0.29, 0.717) is 52.4 Å². The number of piperidine rings is 1. The summed E-state index contributed by atoms with van der Waals surface area (Å²) in [5.41, 5.74) is 0.942. The molecule has 1 saturated heterocycles.